The normalized spacial score (nSPS) is 11.6. The van der Waals surface area contributed by atoms with Gasteiger partial charge in [-0.05, 0) is 48.2 Å². The summed E-state index contributed by atoms with van der Waals surface area (Å²) >= 11 is 0. The van der Waals surface area contributed by atoms with Crippen molar-refractivity contribution < 1.29 is 99.8 Å². The number of anilines is 1. The Labute approximate surface area is 256 Å². The van der Waals surface area contributed by atoms with Crippen molar-refractivity contribution in [1.82, 2.24) is 0 Å². The molecule has 0 fully saturated rings. The van der Waals surface area contributed by atoms with Crippen LogP contribution in [0.25, 0.3) is 10.8 Å². The van der Waals surface area contributed by atoms with Gasteiger partial charge in [0.1, 0.15) is 31.7 Å². The SMILES string of the molecule is CC(=O)Cc1ccc(N=Nc2c(S(=O)(=O)[O-])cc3cc(S(=O)(=O)[O-])cc(NC(C)=O)c3c2O)cc1.[Na+].[Na+]. The molecule has 2 N–H and O–H groups in total. The van der Waals surface area contributed by atoms with E-state index in [9.17, 15) is 40.6 Å². The summed E-state index contributed by atoms with van der Waals surface area (Å²) in [6.07, 6.45) is 0.189. The number of nitrogens with one attached hydrogen (secondary N) is 1. The Morgan fingerprint density at radius 1 is 0.919 bits per heavy atom. The zero-order valence-electron chi connectivity index (χ0n) is 20.2. The summed E-state index contributed by atoms with van der Waals surface area (Å²) in [5, 5.41) is 20.0. The number of carbonyl (C=O) groups is 2. The van der Waals surface area contributed by atoms with Crippen molar-refractivity contribution in [3.05, 3.63) is 48.0 Å². The average Bonchev–Trinajstić information content (AvgIpc) is 2.71. The van der Waals surface area contributed by atoms with Crippen LogP contribution in [0.3, 0.4) is 0 Å². The second-order valence-electron chi connectivity index (χ2n) is 7.48. The molecule has 0 radical (unpaired) electrons. The van der Waals surface area contributed by atoms with Gasteiger partial charge in [0.2, 0.25) is 5.91 Å². The number of azo groups is 1. The molecule has 0 aliphatic carbocycles. The van der Waals surface area contributed by atoms with Crippen molar-refractivity contribution in [3.8, 4) is 5.75 Å². The molecule has 184 valence electrons. The number of nitrogens with zero attached hydrogens (tertiary/aromatic N) is 2. The first-order valence-corrected chi connectivity index (χ1v) is 12.5. The summed E-state index contributed by atoms with van der Waals surface area (Å²) in [4.78, 5) is 21.0. The number of hydrogen-bond acceptors (Lipinski definition) is 11. The number of benzene rings is 3. The topological polar surface area (TPSA) is 206 Å². The molecule has 0 bridgehead atoms. The van der Waals surface area contributed by atoms with Gasteiger partial charge in [0, 0.05) is 18.7 Å². The first kappa shape index (κ1) is 33.3. The smallest absolute Gasteiger partial charge is 0.744 e. The molecule has 3 aromatic carbocycles. The Morgan fingerprint density at radius 2 is 1.51 bits per heavy atom. The van der Waals surface area contributed by atoms with E-state index in [0.29, 0.717) is 5.56 Å². The van der Waals surface area contributed by atoms with Crippen LogP contribution in [0, 0.1) is 0 Å². The van der Waals surface area contributed by atoms with Gasteiger partial charge in [0.15, 0.2) is 5.75 Å². The van der Waals surface area contributed by atoms with Crippen LogP contribution in [0.1, 0.15) is 19.4 Å². The molecule has 0 heterocycles. The number of aromatic hydroxyl groups is 1. The van der Waals surface area contributed by atoms with Crippen LogP contribution in [0.5, 0.6) is 5.75 Å². The number of rotatable bonds is 7. The van der Waals surface area contributed by atoms with Gasteiger partial charge in [-0.25, -0.2) is 16.8 Å². The first-order valence-electron chi connectivity index (χ1n) is 9.70. The molecular formula is C21H17N3Na2O9S2. The van der Waals surface area contributed by atoms with Gasteiger partial charge in [-0.2, -0.15) is 5.11 Å². The molecule has 0 aliphatic rings. The van der Waals surface area contributed by atoms with Gasteiger partial charge < -0.3 is 19.5 Å². The average molecular weight is 565 g/mol. The number of Topliss-reactive ketones (excluding diaryl/α,β-unsaturated/α-hetero) is 1. The molecule has 0 aliphatic heterocycles. The minimum atomic E-state index is -5.27. The van der Waals surface area contributed by atoms with E-state index < -0.39 is 47.4 Å². The van der Waals surface area contributed by atoms with Gasteiger partial charge in [-0.3, -0.25) is 9.59 Å². The number of ketones is 1. The van der Waals surface area contributed by atoms with Gasteiger partial charge >= 0.3 is 59.1 Å². The van der Waals surface area contributed by atoms with Crippen LogP contribution in [-0.2, 0) is 36.2 Å². The molecule has 0 aromatic heterocycles. The summed E-state index contributed by atoms with van der Waals surface area (Å²) in [6.45, 7) is 2.50. The summed E-state index contributed by atoms with van der Waals surface area (Å²) < 4.78 is 70.3. The predicted octanol–water partition coefficient (Wildman–Crippen LogP) is -3.13. The molecule has 37 heavy (non-hydrogen) atoms. The quantitative estimate of drug-likeness (QED) is 0.168. The maximum Gasteiger partial charge on any atom is 1.00 e. The van der Waals surface area contributed by atoms with Gasteiger partial charge in [-0.1, -0.05) is 12.1 Å². The zero-order chi connectivity index (χ0) is 26.1. The van der Waals surface area contributed by atoms with Crippen LogP contribution < -0.4 is 64.4 Å². The maximum atomic E-state index is 11.9. The van der Waals surface area contributed by atoms with Crippen LogP contribution in [0.4, 0.5) is 17.1 Å². The fourth-order valence-corrected chi connectivity index (χ4v) is 4.43. The van der Waals surface area contributed by atoms with E-state index in [0.717, 1.165) is 25.1 Å². The van der Waals surface area contributed by atoms with Crippen molar-refractivity contribution >= 4 is 59.8 Å². The van der Waals surface area contributed by atoms with E-state index in [1.807, 2.05) is 0 Å². The number of phenolic OH excluding ortho intramolecular Hbond substituents is 1. The van der Waals surface area contributed by atoms with Crippen molar-refractivity contribution in [2.24, 2.45) is 10.2 Å². The molecule has 0 spiro atoms. The Balaban J connectivity index is 0.00000342. The van der Waals surface area contributed by atoms with Crippen LogP contribution >= 0.6 is 0 Å². The number of carbonyl (C=O) groups excluding carboxylic acids is 2. The number of fused-ring (bicyclic) bond motifs is 1. The van der Waals surface area contributed by atoms with E-state index in [1.165, 1.54) is 19.1 Å². The molecule has 0 saturated heterocycles. The molecule has 0 saturated carbocycles. The summed E-state index contributed by atoms with van der Waals surface area (Å²) in [7, 11) is -10.3. The van der Waals surface area contributed by atoms with Crippen LogP contribution in [0.15, 0.2) is 62.5 Å². The second-order valence-corrected chi connectivity index (χ2v) is 10.2. The summed E-state index contributed by atoms with van der Waals surface area (Å²) in [5.74, 6) is -1.65. The molecule has 3 aromatic rings. The van der Waals surface area contributed by atoms with E-state index in [2.05, 4.69) is 15.5 Å². The molecule has 0 atom stereocenters. The molecule has 12 nitrogen and oxygen atoms in total. The largest absolute Gasteiger partial charge is 1.00 e. The fraction of sp³-hybridized carbons (Fsp3) is 0.143. The Morgan fingerprint density at radius 3 is 2.00 bits per heavy atom. The van der Waals surface area contributed by atoms with Crippen molar-refractivity contribution in [2.45, 2.75) is 30.1 Å². The summed E-state index contributed by atoms with van der Waals surface area (Å²) in [5.41, 5.74) is -0.204. The Hall–Kier alpha value is -1.72. The Kier molecular flexibility index (Phi) is 11.6. The number of phenols is 1. The molecular weight excluding hydrogens is 548 g/mol. The molecule has 1 amide bonds. The second kappa shape index (κ2) is 12.9. The third-order valence-electron chi connectivity index (χ3n) is 4.65. The summed E-state index contributed by atoms with van der Waals surface area (Å²) in [6, 6.07) is 8.38. The molecule has 3 rings (SSSR count). The van der Waals surface area contributed by atoms with Gasteiger partial charge in [0.25, 0.3) is 0 Å². The first-order chi connectivity index (χ1) is 16.2. The third-order valence-corrected chi connectivity index (χ3v) is 6.31. The van der Waals surface area contributed by atoms with E-state index >= 15 is 0 Å². The van der Waals surface area contributed by atoms with Crippen molar-refractivity contribution in [2.75, 3.05) is 5.32 Å². The fourth-order valence-electron chi connectivity index (χ4n) is 3.26. The minimum absolute atomic E-state index is 0. The van der Waals surface area contributed by atoms with Crippen LogP contribution in [0.2, 0.25) is 0 Å². The minimum Gasteiger partial charge on any atom is -0.744 e. The van der Waals surface area contributed by atoms with E-state index in [4.69, 9.17) is 0 Å². The van der Waals surface area contributed by atoms with E-state index in [-0.39, 0.29) is 93.5 Å². The maximum absolute atomic E-state index is 11.9. The predicted molar refractivity (Wildman–Crippen MR) is 121 cm³/mol. The Bertz CT molecular complexity index is 1610. The zero-order valence-corrected chi connectivity index (χ0v) is 25.8. The van der Waals surface area contributed by atoms with Gasteiger partial charge in [-0.15, -0.1) is 5.11 Å². The monoisotopic (exact) mass is 565 g/mol. The standard InChI is InChI=1S/C21H19N3O9S2.2Na/c1-11(25)7-13-3-5-15(6-4-13)23-24-20-18(35(31,32)33)9-14-8-16(34(28,29)30)10-17(22-12(2)26)19(14)21(20)27;;/h3-6,8-10,27H,7H2,1-2H3,(H,22,26)(H,28,29,30)(H,31,32,33);;/q;2*+1/p-2. The third kappa shape index (κ3) is 8.38. The van der Waals surface area contributed by atoms with Crippen LogP contribution in [-0.4, -0.2) is 42.7 Å². The van der Waals surface area contributed by atoms with Crippen molar-refractivity contribution in [1.29, 1.82) is 0 Å². The van der Waals surface area contributed by atoms with Gasteiger partial charge in [0.05, 0.1) is 21.2 Å². The number of amides is 1. The number of hydrogen-bond donors (Lipinski definition) is 2. The van der Waals surface area contributed by atoms with Crippen molar-refractivity contribution in [3.63, 3.8) is 0 Å². The molecule has 16 heteroatoms. The molecule has 0 unspecified atom stereocenters. The van der Waals surface area contributed by atoms with E-state index in [1.54, 1.807) is 12.1 Å².